The van der Waals surface area contributed by atoms with Gasteiger partial charge in [-0.25, -0.2) is 9.89 Å². The molecule has 1 amide bonds. The number of carbonyl (C=O) groups excluding carboxylic acids is 2. The van der Waals surface area contributed by atoms with E-state index in [1.807, 2.05) is 0 Å². The first-order chi connectivity index (χ1) is 10.5. The number of hydrogen-bond donors (Lipinski definition) is 1. The van der Waals surface area contributed by atoms with Gasteiger partial charge in [0.1, 0.15) is 0 Å². The summed E-state index contributed by atoms with van der Waals surface area (Å²) >= 11 is 1.27. The fourth-order valence-electron chi connectivity index (χ4n) is 2.57. The highest BCUT2D eigenvalue weighted by Gasteiger charge is 2.29. The van der Waals surface area contributed by atoms with Gasteiger partial charge in [0.05, 0.1) is 10.8 Å². The summed E-state index contributed by atoms with van der Waals surface area (Å²) in [7, 11) is 0. The second kappa shape index (κ2) is 5.88. The molecule has 7 nitrogen and oxygen atoms in total. The smallest absolute Gasteiger partial charge is 0.392 e. The molecule has 1 fully saturated rings. The Hall–Kier alpha value is -2.22. The lowest BCUT2D eigenvalue weighted by Crippen LogP contribution is -2.38. The Kier molecular flexibility index (Phi) is 3.93. The molecular formula is C14H15N3O4S. The second-order valence-corrected chi connectivity index (χ2v) is 6.21. The van der Waals surface area contributed by atoms with Crippen molar-refractivity contribution in [2.75, 3.05) is 13.1 Å². The van der Waals surface area contributed by atoms with E-state index in [-0.39, 0.29) is 17.6 Å². The summed E-state index contributed by atoms with van der Waals surface area (Å²) < 4.78 is 4.99. The fourth-order valence-corrected chi connectivity index (χ4v) is 3.48. The molecule has 1 unspecified atom stereocenters. The number of Topliss-reactive ketones (excluding diaryl/α,β-unsaturated/α-hetero) is 1. The molecule has 1 N–H and O–H groups in total. The Labute approximate surface area is 129 Å². The first kappa shape index (κ1) is 14.7. The molecule has 1 aliphatic heterocycles. The van der Waals surface area contributed by atoms with E-state index in [1.54, 1.807) is 16.3 Å². The van der Waals surface area contributed by atoms with Crippen molar-refractivity contribution in [1.82, 2.24) is 15.1 Å². The molecule has 1 atom stereocenters. The van der Waals surface area contributed by atoms with Crippen molar-refractivity contribution in [2.24, 2.45) is 0 Å². The second-order valence-electron chi connectivity index (χ2n) is 5.30. The van der Waals surface area contributed by atoms with Gasteiger partial charge in [0.25, 0.3) is 5.91 Å². The van der Waals surface area contributed by atoms with Crippen molar-refractivity contribution in [3.63, 3.8) is 0 Å². The van der Waals surface area contributed by atoms with Crippen molar-refractivity contribution in [3.05, 3.63) is 38.3 Å². The molecule has 2 aromatic rings. The third-order valence-corrected chi connectivity index (χ3v) is 4.65. The van der Waals surface area contributed by atoms with Gasteiger partial charge in [-0.15, -0.1) is 16.4 Å². The third-order valence-electron chi connectivity index (χ3n) is 3.73. The number of amides is 1. The van der Waals surface area contributed by atoms with E-state index in [0.29, 0.717) is 29.4 Å². The van der Waals surface area contributed by atoms with Crippen molar-refractivity contribution in [2.45, 2.75) is 25.7 Å². The van der Waals surface area contributed by atoms with Crippen LogP contribution in [0.2, 0.25) is 0 Å². The van der Waals surface area contributed by atoms with E-state index >= 15 is 0 Å². The summed E-state index contributed by atoms with van der Waals surface area (Å²) in [4.78, 5) is 37.2. The Morgan fingerprint density at radius 1 is 1.50 bits per heavy atom. The van der Waals surface area contributed by atoms with E-state index in [0.717, 1.165) is 12.8 Å². The SMILES string of the molecule is CC(=O)c1csc(C(=O)N2CCCC(c3n[nH]c(=O)o3)C2)c1. The van der Waals surface area contributed by atoms with Crippen LogP contribution in [-0.4, -0.2) is 39.9 Å². The van der Waals surface area contributed by atoms with Crippen LogP contribution in [0.3, 0.4) is 0 Å². The number of likely N-dealkylation sites (tertiary alicyclic amines) is 1. The minimum Gasteiger partial charge on any atom is -0.392 e. The zero-order valence-corrected chi connectivity index (χ0v) is 12.8. The molecule has 22 heavy (non-hydrogen) atoms. The number of rotatable bonds is 3. The molecule has 8 heteroatoms. The number of ketones is 1. The number of hydrogen-bond acceptors (Lipinski definition) is 6. The summed E-state index contributed by atoms with van der Waals surface area (Å²) in [5, 5.41) is 7.79. The van der Waals surface area contributed by atoms with E-state index in [1.165, 1.54) is 18.3 Å². The van der Waals surface area contributed by atoms with Gasteiger partial charge in [0, 0.05) is 24.0 Å². The summed E-state index contributed by atoms with van der Waals surface area (Å²) in [6.45, 7) is 2.59. The lowest BCUT2D eigenvalue weighted by Gasteiger charge is -2.30. The molecule has 3 rings (SSSR count). The molecule has 0 aliphatic carbocycles. The number of carbonyl (C=O) groups is 2. The van der Waals surface area contributed by atoms with Crippen LogP contribution in [0.1, 0.15) is 51.6 Å². The van der Waals surface area contributed by atoms with Crippen molar-refractivity contribution >= 4 is 23.0 Å². The van der Waals surface area contributed by atoms with Crippen LogP contribution in [0.5, 0.6) is 0 Å². The van der Waals surface area contributed by atoms with Crippen LogP contribution in [0, 0.1) is 0 Å². The minimum absolute atomic E-state index is 0.0508. The van der Waals surface area contributed by atoms with Crippen molar-refractivity contribution in [1.29, 1.82) is 0 Å². The standard InChI is InChI=1S/C14H15N3O4S/c1-8(18)10-5-11(22-7-10)13(19)17-4-2-3-9(6-17)12-15-16-14(20)21-12/h5,7,9H,2-4,6H2,1H3,(H,16,20). The molecule has 0 radical (unpaired) electrons. The highest BCUT2D eigenvalue weighted by atomic mass is 32.1. The molecule has 3 heterocycles. The largest absolute Gasteiger partial charge is 0.434 e. The van der Waals surface area contributed by atoms with E-state index < -0.39 is 5.76 Å². The average molecular weight is 321 g/mol. The minimum atomic E-state index is -0.581. The van der Waals surface area contributed by atoms with Crippen LogP contribution in [0.15, 0.2) is 20.7 Å². The van der Waals surface area contributed by atoms with Crippen LogP contribution < -0.4 is 5.76 Å². The summed E-state index contributed by atoms with van der Waals surface area (Å²) in [5.74, 6) is -0.463. The number of piperidine rings is 1. The Balaban J connectivity index is 1.74. The van der Waals surface area contributed by atoms with Gasteiger partial charge >= 0.3 is 5.76 Å². The molecular weight excluding hydrogens is 306 g/mol. The molecule has 0 saturated carbocycles. The Morgan fingerprint density at radius 3 is 2.95 bits per heavy atom. The van der Waals surface area contributed by atoms with Gasteiger partial charge in [-0.1, -0.05) is 0 Å². The summed E-state index contributed by atoms with van der Waals surface area (Å²) in [5.41, 5.74) is 0.556. The number of nitrogens with one attached hydrogen (secondary N) is 1. The number of thiophene rings is 1. The van der Waals surface area contributed by atoms with Gasteiger partial charge < -0.3 is 9.32 Å². The summed E-state index contributed by atoms with van der Waals surface area (Å²) in [6, 6.07) is 1.63. The van der Waals surface area contributed by atoms with Gasteiger partial charge in [-0.2, -0.15) is 0 Å². The van der Waals surface area contributed by atoms with Crippen LogP contribution >= 0.6 is 11.3 Å². The predicted molar refractivity (Wildman–Crippen MR) is 79.3 cm³/mol. The van der Waals surface area contributed by atoms with Gasteiger partial charge in [-0.05, 0) is 25.8 Å². The lowest BCUT2D eigenvalue weighted by atomic mass is 9.98. The van der Waals surface area contributed by atoms with Crippen molar-refractivity contribution in [3.8, 4) is 0 Å². The Morgan fingerprint density at radius 2 is 2.32 bits per heavy atom. The fraction of sp³-hybridized carbons (Fsp3) is 0.429. The number of aromatic amines is 1. The zero-order chi connectivity index (χ0) is 15.7. The van der Waals surface area contributed by atoms with E-state index in [4.69, 9.17) is 4.42 Å². The average Bonchev–Trinajstić information content (AvgIpc) is 3.15. The lowest BCUT2D eigenvalue weighted by molar-refractivity contribution is 0.0702. The molecule has 0 spiro atoms. The third kappa shape index (κ3) is 2.87. The van der Waals surface area contributed by atoms with Gasteiger partial charge in [0.2, 0.25) is 5.89 Å². The predicted octanol–water partition coefficient (Wildman–Crippen LogP) is 1.65. The quantitative estimate of drug-likeness (QED) is 0.867. The molecule has 2 aromatic heterocycles. The highest BCUT2D eigenvalue weighted by Crippen LogP contribution is 2.27. The highest BCUT2D eigenvalue weighted by molar-refractivity contribution is 7.12. The van der Waals surface area contributed by atoms with Crippen LogP contribution in [0.4, 0.5) is 0 Å². The maximum Gasteiger partial charge on any atom is 0.434 e. The van der Waals surface area contributed by atoms with Crippen LogP contribution in [0.25, 0.3) is 0 Å². The van der Waals surface area contributed by atoms with E-state index in [2.05, 4.69) is 10.2 Å². The molecule has 116 valence electrons. The molecule has 1 saturated heterocycles. The maximum absolute atomic E-state index is 12.5. The molecule has 1 aliphatic rings. The van der Waals surface area contributed by atoms with Gasteiger partial charge in [-0.3, -0.25) is 9.59 Å². The topological polar surface area (TPSA) is 96.3 Å². The molecule has 0 bridgehead atoms. The monoisotopic (exact) mass is 321 g/mol. The van der Waals surface area contributed by atoms with Crippen molar-refractivity contribution < 1.29 is 14.0 Å². The summed E-state index contributed by atoms with van der Waals surface area (Å²) in [6.07, 6.45) is 1.64. The number of H-pyrrole nitrogens is 1. The van der Waals surface area contributed by atoms with E-state index in [9.17, 15) is 14.4 Å². The Bertz CT molecular complexity index is 760. The first-order valence-corrected chi connectivity index (χ1v) is 7.86. The van der Waals surface area contributed by atoms with Gasteiger partial charge in [0.15, 0.2) is 5.78 Å². The molecule has 0 aromatic carbocycles. The zero-order valence-electron chi connectivity index (χ0n) is 12.0. The first-order valence-electron chi connectivity index (χ1n) is 6.98. The normalized spacial score (nSPS) is 18.4. The maximum atomic E-state index is 12.5. The number of nitrogens with zero attached hydrogens (tertiary/aromatic N) is 2. The van der Waals surface area contributed by atoms with Crippen LogP contribution in [-0.2, 0) is 0 Å². The number of aromatic nitrogens is 2.